The van der Waals surface area contributed by atoms with E-state index < -0.39 is 0 Å². The predicted octanol–water partition coefficient (Wildman–Crippen LogP) is 5.45. The standard InChI is InChI=1S/C24H25NO3/c1-15-6-7-16(2)20(10-15)12-21(25)24(26)19-5-3-4-17(11-19)18-8-9-22-23(13-18)28-14-27-22/h3-9,11,18,20,25H,10,12-14H2,1-2H3. The van der Waals surface area contributed by atoms with Crippen LogP contribution in [-0.4, -0.2) is 18.3 Å². The molecule has 4 heteroatoms. The van der Waals surface area contributed by atoms with Gasteiger partial charge in [-0.3, -0.25) is 4.79 Å². The molecule has 2 atom stereocenters. The molecule has 2 unspecified atom stereocenters. The van der Waals surface area contributed by atoms with Crippen LogP contribution >= 0.6 is 0 Å². The van der Waals surface area contributed by atoms with Crippen molar-refractivity contribution in [3.63, 3.8) is 0 Å². The molecule has 0 spiro atoms. The Hall–Kier alpha value is -2.88. The number of nitrogens with one attached hydrogen (secondary N) is 1. The predicted molar refractivity (Wildman–Crippen MR) is 109 cm³/mol. The van der Waals surface area contributed by atoms with E-state index in [9.17, 15) is 4.79 Å². The lowest BCUT2D eigenvalue weighted by Crippen LogP contribution is -2.19. The first-order valence-electron chi connectivity index (χ1n) is 9.74. The minimum absolute atomic E-state index is 0.152. The highest BCUT2D eigenvalue weighted by Gasteiger charge is 2.25. The molecule has 1 aliphatic heterocycles. The van der Waals surface area contributed by atoms with E-state index in [0.29, 0.717) is 12.0 Å². The summed E-state index contributed by atoms with van der Waals surface area (Å²) in [4.78, 5) is 12.9. The third-order valence-corrected chi connectivity index (χ3v) is 5.75. The summed E-state index contributed by atoms with van der Waals surface area (Å²) in [5.41, 5.74) is 4.37. The van der Waals surface area contributed by atoms with Gasteiger partial charge >= 0.3 is 0 Å². The minimum atomic E-state index is -0.179. The average molecular weight is 375 g/mol. The zero-order valence-electron chi connectivity index (χ0n) is 16.3. The number of carbonyl (C=O) groups is 1. The van der Waals surface area contributed by atoms with Crippen molar-refractivity contribution in [1.29, 1.82) is 5.41 Å². The summed E-state index contributed by atoms with van der Waals surface area (Å²) in [7, 11) is 0. The summed E-state index contributed by atoms with van der Waals surface area (Å²) < 4.78 is 10.9. The third kappa shape index (κ3) is 3.72. The van der Waals surface area contributed by atoms with Crippen LogP contribution in [0.4, 0.5) is 0 Å². The zero-order chi connectivity index (χ0) is 19.7. The number of Topliss-reactive ketones (excluding diaryl/α,β-unsaturated/α-hetero) is 1. The summed E-state index contributed by atoms with van der Waals surface area (Å²) >= 11 is 0. The van der Waals surface area contributed by atoms with Crippen LogP contribution in [0.5, 0.6) is 0 Å². The second kappa shape index (κ2) is 7.63. The molecule has 0 saturated carbocycles. The van der Waals surface area contributed by atoms with Crippen molar-refractivity contribution in [2.75, 3.05) is 6.79 Å². The highest BCUT2D eigenvalue weighted by molar-refractivity contribution is 6.45. The van der Waals surface area contributed by atoms with Crippen LogP contribution in [0, 0.1) is 11.3 Å². The van der Waals surface area contributed by atoms with E-state index in [2.05, 4.69) is 32.1 Å². The summed E-state index contributed by atoms with van der Waals surface area (Å²) in [6.07, 6.45) is 10.4. The highest BCUT2D eigenvalue weighted by Crippen LogP contribution is 2.35. The van der Waals surface area contributed by atoms with Crippen LogP contribution in [0.2, 0.25) is 0 Å². The van der Waals surface area contributed by atoms with Crippen LogP contribution < -0.4 is 0 Å². The van der Waals surface area contributed by atoms with Crippen LogP contribution in [0.25, 0.3) is 0 Å². The molecule has 1 aromatic rings. The molecule has 28 heavy (non-hydrogen) atoms. The Kier molecular flexibility index (Phi) is 5.03. The van der Waals surface area contributed by atoms with Gasteiger partial charge in [-0.15, -0.1) is 0 Å². The van der Waals surface area contributed by atoms with Crippen LogP contribution in [0.1, 0.15) is 54.9 Å². The van der Waals surface area contributed by atoms with Crippen LogP contribution in [-0.2, 0) is 9.47 Å². The largest absolute Gasteiger partial charge is 0.458 e. The van der Waals surface area contributed by atoms with E-state index in [1.165, 1.54) is 11.1 Å². The normalized spacial score (nSPS) is 23.4. The summed E-state index contributed by atoms with van der Waals surface area (Å²) in [6.45, 7) is 4.46. The lowest BCUT2D eigenvalue weighted by Gasteiger charge is -2.21. The van der Waals surface area contributed by atoms with E-state index in [4.69, 9.17) is 14.9 Å². The van der Waals surface area contributed by atoms with Crippen LogP contribution in [0.15, 0.2) is 71.2 Å². The molecule has 1 heterocycles. The first-order chi connectivity index (χ1) is 13.5. The van der Waals surface area contributed by atoms with Gasteiger partial charge < -0.3 is 14.9 Å². The number of ketones is 1. The van der Waals surface area contributed by atoms with Gasteiger partial charge in [-0.1, -0.05) is 47.6 Å². The topological polar surface area (TPSA) is 59.4 Å². The summed E-state index contributed by atoms with van der Waals surface area (Å²) in [5.74, 6) is 1.90. The molecule has 4 rings (SSSR count). The fourth-order valence-corrected chi connectivity index (χ4v) is 4.00. The highest BCUT2D eigenvalue weighted by atomic mass is 16.7. The van der Waals surface area contributed by atoms with Crippen molar-refractivity contribution in [1.82, 2.24) is 0 Å². The molecule has 0 aromatic heterocycles. The first kappa shape index (κ1) is 18.5. The molecule has 144 valence electrons. The Balaban J connectivity index is 1.46. The molecular weight excluding hydrogens is 350 g/mol. The molecule has 2 aliphatic carbocycles. The minimum Gasteiger partial charge on any atom is -0.458 e. The zero-order valence-corrected chi connectivity index (χ0v) is 16.3. The van der Waals surface area contributed by atoms with E-state index in [1.54, 1.807) is 0 Å². The molecular formula is C24H25NO3. The average Bonchev–Trinajstić information content (AvgIpc) is 3.18. The molecule has 0 saturated heterocycles. The van der Waals surface area contributed by atoms with Gasteiger partial charge in [0.15, 0.2) is 5.76 Å². The monoisotopic (exact) mass is 375 g/mol. The Labute approximate surface area is 165 Å². The second-order valence-electron chi connectivity index (χ2n) is 7.83. The quantitative estimate of drug-likeness (QED) is 0.550. The van der Waals surface area contributed by atoms with Gasteiger partial charge in [-0.05, 0) is 50.3 Å². The second-order valence-corrected chi connectivity index (χ2v) is 7.83. The Morgan fingerprint density at radius 2 is 2.04 bits per heavy atom. The molecule has 0 amide bonds. The maximum atomic E-state index is 12.9. The van der Waals surface area contributed by atoms with Crippen molar-refractivity contribution < 1.29 is 14.3 Å². The lowest BCUT2D eigenvalue weighted by molar-refractivity contribution is 0.0725. The number of carbonyl (C=O) groups excluding carboxylic acids is 1. The first-order valence-corrected chi connectivity index (χ1v) is 9.74. The maximum absolute atomic E-state index is 12.9. The van der Waals surface area contributed by atoms with Crippen molar-refractivity contribution in [2.24, 2.45) is 5.92 Å². The third-order valence-electron chi connectivity index (χ3n) is 5.75. The Bertz CT molecular complexity index is 948. The number of hydrogen-bond donors (Lipinski definition) is 1. The number of rotatable bonds is 5. The molecule has 1 aromatic carbocycles. The van der Waals surface area contributed by atoms with Crippen molar-refractivity contribution in [2.45, 2.75) is 39.0 Å². The number of allylic oxidation sites excluding steroid dienone is 7. The Morgan fingerprint density at radius 3 is 2.89 bits per heavy atom. The molecule has 0 fully saturated rings. The number of ether oxygens (including phenoxy) is 2. The molecule has 0 bridgehead atoms. The van der Waals surface area contributed by atoms with Gasteiger partial charge in [0.05, 0.1) is 5.71 Å². The van der Waals surface area contributed by atoms with E-state index in [-0.39, 0.29) is 30.1 Å². The fraction of sp³-hybridized carbons (Fsp3) is 0.333. The van der Waals surface area contributed by atoms with Gasteiger partial charge in [-0.25, -0.2) is 0 Å². The number of hydrogen-bond acceptors (Lipinski definition) is 4. The van der Waals surface area contributed by atoms with Crippen molar-refractivity contribution in [3.8, 4) is 0 Å². The van der Waals surface area contributed by atoms with Gasteiger partial charge in [0.25, 0.3) is 0 Å². The Morgan fingerprint density at radius 1 is 1.18 bits per heavy atom. The van der Waals surface area contributed by atoms with Crippen molar-refractivity contribution in [3.05, 3.63) is 82.4 Å². The van der Waals surface area contributed by atoms with E-state index in [0.717, 1.165) is 29.9 Å². The smallest absolute Gasteiger partial charge is 0.230 e. The lowest BCUT2D eigenvalue weighted by atomic mass is 9.83. The van der Waals surface area contributed by atoms with Gasteiger partial charge in [0, 0.05) is 17.9 Å². The summed E-state index contributed by atoms with van der Waals surface area (Å²) in [6, 6.07) is 7.65. The maximum Gasteiger partial charge on any atom is 0.230 e. The fourth-order valence-electron chi connectivity index (χ4n) is 4.00. The SMILES string of the molecule is CC1=CC=C(C)C(CC(=N)C(=O)c2cccc(C3C=CC4=C(C3)OCO4)c2)C1. The van der Waals surface area contributed by atoms with Crippen LogP contribution in [0.3, 0.4) is 0 Å². The number of benzene rings is 1. The molecule has 1 N–H and O–H groups in total. The van der Waals surface area contributed by atoms with Crippen molar-refractivity contribution >= 4 is 11.5 Å². The molecule has 4 nitrogen and oxygen atoms in total. The van der Waals surface area contributed by atoms with E-state index >= 15 is 0 Å². The van der Waals surface area contributed by atoms with E-state index in [1.807, 2.05) is 30.3 Å². The molecule has 3 aliphatic rings. The molecule has 0 radical (unpaired) electrons. The summed E-state index contributed by atoms with van der Waals surface area (Å²) in [5, 5.41) is 8.38. The van der Waals surface area contributed by atoms with Gasteiger partial charge in [-0.2, -0.15) is 0 Å². The van der Waals surface area contributed by atoms with Gasteiger partial charge in [0.1, 0.15) is 5.76 Å². The van der Waals surface area contributed by atoms with Gasteiger partial charge in [0.2, 0.25) is 12.6 Å².